The summed E-state index contributed by atoms with van der Waals surface area (Å²) in [5, 5.41) is 11.1. The molecule has 1 aliphatic rings. The van der Waals surface area contributed by atoms with Gasteiger partial charge in [-0.25, -0.2) is 4.68 Å². The van der Waals surface area contributed by atoms with Crippen LogP contribution in [-0.4, -0.2) is 41.5 Å². The van der Waals surface area contributed by atoms with Gasteiger partial charge >= 0.3 is 0 Å². The van der Waals surface area contributed by atoms with E-state index in [-0.39, 0.29) is 5.91 Å². The van der Waals surface area contributed by atoms with Crippen molar-refractivity contribution >= 4 is 17.5 Å². The Kier molecular flexibility index (Phi) is 6.99. The van der Waals surface area contributed by atoms with E-state index in [1.54, 1.807) is 31.0 Å². The minimum absolute atomic E-state index is 0.273. The van der Waals surface area contributed by atoms with Crippen molar-refractivity contribution in [1.29, 1.82) is 0 Å². The highest BCUT2D eigenvalue weighted by Crippen LogP contribution is 2.38. The third-order valence-corrected chi connectivity index (χ3v) is 6.31. The van der Waals surface area contributed by atoms with Gasteiger partial charge < -0.3 is 24.8 Å². The van der Waals surface area contributed by atoms with Crippen LogP contribution in [0.5, 0.6) is 17.2 Å². The van der Waals surface area contributed by atoms with Crippen LogP contribution in [-0.2, 0) is 4.79 Å². The number of para-hydroxylation sites is 2. The molecule has 0 radical (unpaired) electrons. The standard InChI is InChI=1S/C29H29N5O4/c1-5-38-22-16-10-19(11-17-22)26-25(28(35)31-23-8-6-7-9-24(23)37-4)18(2)30-29-32-27(33-34(26)29)20-12-14-21(36-3)15-13-20/h6-17,26H,5H2,1-4H3,(H,31,35)(H,30,32,33). The number of hydrogen-bond donors (Lipinski definition) is 2. The maximum atomic E-state index is 13.8. The van der Waals surface area contributed by atoms with Crippen molar-refractivity contribution in [2.45, 2.75) is 19.9 Å². The first kappa shape index (κ1) is 24.9. The van der Waals surface area contributed by atoms with Gasteiger partial charge in [-0.1, -0.05) is 24.3 Å². The third-order valence-electron chi connectivity index (χ3n) is 6.31. The van der Waals surface area contributed by atoms with Crippen molar-refractivity contribution in [3.05, 3.63) is 89.6 Å². The maximum Gasteiger partial charge on any atom is 0.255 e. The first-order valence-electron chi connectivity index (χ1n) is 12.3. The van der Waals surface area contributed by atoms with Crippen LogP contribution in [0.1, 0.15) is 25.5 Å². The Balaban J connectivity index is 1.57. The lowest BCUT2D eigenvalue weighted by Gasteiger charge is -2.29. The molecule has 3 aromatic carbocycles. The summed E-state index contributed by atoms with van der Waals surface area (Å²) < 4.78 is 18.1. The van der Waals surface area contributed by atoms with Crippen LogP contribution < -0.4 is 24.8 Å². The Hall–Kier alpha value is -4.79. The lowest BCUT2D eigenvalue weighted by atomic mass is 9.95. The Labute approximate surface area is 221 Å². The van der Waals surface area contributed by atoms with E-state index in [2.05, 4.69) is 10.6 Å². The molecule has 194 valence electrons. The monoisotopic (exact) mass is 511 g/mol. The summed E-state index contributed by atoms with van der Waals surface area (Å²) in [5.41, 5.74) is 3.47. The van der Waals surface area contributed by atoms with Gasteiger partial charge in [0.2, 0.25) is 5.95 Å². The van der Waals surface area contributed by atoms with Gasteiger partial charge in [0, 0.05) is 11.3 Å². The first-order valence-corrected chi connectivity index (χ1v) is 12.3. The number of hydrogen-bond acceptors (Lipinski definition) is 7. The molecule has 1 aliphatic heterocycles. The zero-order chi connectivity index (χ0) is 26.6. The lowest BCUT2D eigenvalue weighted by Crippen LogP contribution is -2.31. The van der Waals surface area contributed by atoms with Gasteiger partial charge in [-0.15, -0.1) is 5.10 Å². The van der Waals surface area contributed by atoms with Crippen LogP contribution >= 0.6 is 0 Å². The molecule has 38 heavy (non-hydrogen) atoms. The van der Waals surface area contributed by atoms with Crippen LogP contribution in [0, 0.1) is 0 Å². The number of rotatable bonds is 8. The molecule has 0 aliphatic carbocycles. The second-order valence-electron chi connectivity index (χ2n) is 8.65. The molecule has 9 nitrogen and oxygen atoms in total. The average Bonchev–Trinajstić information content (AvgIpc) is 3.37. The van der Waals surface area contributed by atoms with E-state index in [0.717, 1.165) is 22.6 Å². The van der Waals surface area contributed by atoms with Crippen molar-refractivity contribution in [2.75, 3.05) is 31.5 Å². The van der Waals surface area contributed by atoms with Crippen molar-refractivity contribution in [3.63, 3.8) is 0 Å². The van der Waals surface area contributed by atoms with Crippen LogP contribution in [0.3, 0.4) is 0 Å². The maximum absolute atomic E-state index is 13.8. The second-order valence-corrected chi connectivity index (χ2v) is 8.65. The topological polar surface area (TPSA) is 99.5 Å². The molecule has 1 unspecified atom stereocenters. The van der Waals surface area contributed by atoms with Gasteiger partial charge in [0.1, 0.15) is 23.3 Å². The predicted octanol–water partition coefficient (Wildman–Crippen LogP) is 5.29. The second kappa shape index (κ2) is 10.7. The summed E-state index contributed by atoms with van der Waals surface area (Å²) >= 11 is 0. The van der Waals surface area contributed by atoms with E-state index >= 15 is 0 Å². The summed E-state index contributed by atoms with van der Waals surface area (Å²) in [7, 11) is 3.20. The van der Waals surface area contributed by atoms with Crippen molar-refractivity contribution in [1.82, 2.24) is 14.8 Å². The number of benzene rings is 3. The fourth-order valence-corrected chi connectivity index (χ4v) is 4.47. The van der Waals surface area contributed by atoms with Crippen LogP contribution in [0.2, 0.25) is 0 Å². The Morgan fingerprint density at radius 1 is 0.974 bits per heavy atom. The van der Waals surface area contributed by atoms with Crippen LogP contribution in [0.4, 0.5) is 11.6 Å². The molecule has 0 bridgehead atoms. The van der Waals surface area contributed by atoms with Gasteiger partial charge in [-0.3, -0.25) is 4.79 Å². The fraction of sp³-hybridized carbons (Fsp3) is 0.207. The number of nitrogens with one attached hydrogen (secondary N) is 2. The quantitative estimate of drug-likeness (QED) is 0.332. The minimum Gasteiger partial charge on any atom is -0.497 e. The van der Waals surface area contributed by atoms with Crippen molar-refractivity contribution in [3.8, 4) is 28.6 Å². The van der Waals surface area contributed by atoms with Crippen molar-refractivity contribution in [2.24, 2.45) is 0 Å². The summed E-state index contributed by atoms with van der Waals surface area (Å²) in [5.74, 6) is 2.88. The highest BCUT2D eigenvalue weighted by molar-refractivity contribution is 6.06. The minimum atomic E-state index is -0.531. The largest absolute Gasteiger partial charge is 0.497 e. The number of amides is 1. The molecule has 0 fully saturated rings. The molecule has 4 aromatic rings. The van der Waals surface area contributed by atoms with Gasteiger partial charge in [0.05, 0.1) is 32.1 Å². The van der Waals surface area contributed by atoms with E-state index in [1.807, 2.05) is 74.5 Å². The molecule has 2 N–H and O–H groups in total. The summed E-state index contributed by atoms with van der Waals surface area (Å²) in [6, 6.07) is 22.0. The van der Waals surface area contributed by atoms with Crippen LogP contribution in [0.25, 0.3) is 11.4 Å². The predicted molar refractivity (Wildman–Crippen MR) is 146 cm³/mol. The molecule has 1 amide bonds. The number of anilines is 2. The number of aromatic nitrogens is 3. The average molecular weight is 512 g/mol. The molecular formula is C29H29N5O4. The summed E-state index contributed by atoms with van der Waals surface area (Å²) in [4.78, 5) is 18.5. The highest BCUT2D eigenvalue weighted by atomic mass is 16.5. The fourth-order valence-electron chi connectivity index (χ4n) is 4.47. The van der Waals surface area contributed by atoms with Gasteiger partial charge in [-0.2, -0.15) is 4.98 Å². The Morgan fingerprint density at radius 3 is 2.37 bits per heavy atom. The van der Waals surface area contributed by atoms with E-state index in [0.29, 0.717) is 41.1 Å². The zero-order valence-corrected chi connectivity index (χ0v) is 21.7. The number of ether oxygens (including phenoxy) is 3. The first-order chi connectivity index (χ1) is 18.5. The molecule has 1 aromatic heterocycles. The van der Waals surface area contributed by atoms with E-state index < -0.39 is 6.04 Å². The highest BCUT2D eigenvalue weighted by Gasteiger charge is 2.34. The molecule has 5 rings (SSSR count). The van der Waals surface area contributed by atoms with E-state index in [4.69, 9.17) is 24.3 Å². The molecule has 0 spiro atoms. The number of carbonyl (C=O) groups is 1. The molecule has 1 atom stereocenters. The smallest absolute Gasteiger partial charge is 0.255 e. The lowest BCUT2D eigenvalue weighted by molar-refractivity contribution is -0.113. The normalized spacial score (nSPS) is 14.4. The molecule has 0 saturated carbocycles. The SMILES string of the molecule is CCOc1ccc(C2C(C(=O)Nc3ccccc3OC)=C(C)Nc3nc(-c4ccc(OC)cc4)nn32)cc1. The molecule has 9 heteroatoms. The van der Waals surface area contributed by atoms with Gasteiger partial charge in [-0.05, 0) is 67.9 Å². The van der Waals surface area contributed by atoms with E-state index in [1.165, 1.54) is 0 Å². The number of nitrogens with zero attached hydrogens (tertiary/aromatic N) is 3. The van der Waals surface area contributed by atoms with Crippen molar-refractivity contribution < 1.29 is 19.0 Å². The summed E-state index contributed by atoms with van der Waals surface area (Å²) in [6.07, 6.45) is 0. The molecule has 2 heterocycles. The number of carbonyl (C=O) groups excluding carboxylic acids is 1. The zero-order valence-electron chi connectivity index (χ0n) is 21.7. The Morgan fingerprint density at radius 2 is 1.68 bits per heavy atom. The third kappa shape index (κ3) is 4.78. The number of methoxy groups -OCH3 is 2. The van der Waals surface area contributed by atoms with Gasteiger partial charge in [0.15, 0.2) is 5.82 Å². The number of fused-ring (bicyclic) bond motifs is 1. The molecular weight excluding hydrogens is 482 g/mol. The summed E-state index contributed by atoms with van der Waals surface area (Å²) in [6.45, 7) is 4.37. The molecule has 0 saturated heterocycles. The van der Waals surface area contributed by atoms with Gasteiger partial charge in [0.25, 0.3) is 5.91 Å². The number of allylic oxidation sites excluding steroid dienone is 1. The van der Waals surface area contributed by atoms with Crippen LogP contribution in [0.15, 0.2) is 84.1 Å². The Bertz CT molecular complexity index is 1480. The van der Waals surface area contributed by atoms with E-state index in [9.17, 15) is 4.79 Å².